The Hall–Kier alpha value is -0.510. The van der Waals surface area contributed by atoms with Gasteiger partial charge in [-0.05, 0) is 39.5 Å². The maximum atomic E-state index is 12.4. The highest BCUT2D eigenvalue weighted by Gasteiger charge is 2.41. The second kappa shape index (κ2) is 5.71. The Morgan fingerprint density at radius 1 is 1.19 bits per heavy atom. The van der Waals surface area contributed by atoms with Crippen molar-refractivity contribution >= 4 is 0 Å². The molecule has 0 bridgehead atoms. The number of alkyl halides is 3. The quantitative estimate of drug-likeness (QED) is 0.736. The van der Waals surface area contributed by atoms with Crippen LogP contribution in [-0.2, 0) is 0 Å². The Kier molecular flexibility index (Phi) is 4.84. The van der Waals surface area contributed by atoms with E-state index in [9.17, 15) is 13.2 Å². The van der Waals surface area contributed by atoms with Gasteiger partial charge in [0.25, 0.3) is 0 Å². The molecular weight excluding hydrogens is 215 g/mol. The van der Waals surface area contributed by atoms with E-state index in [0.717, 1.165) is 6.54 Å². The Morgan fingerprint density at radius 2 is 1.75 bits per heavy atom. The van der Waals surface area contributed by atoms with Gasteiger partial charge in [-0.2, -0.15) is 13.2 Å². The second-order valence-corrected chi connectivity index (χ2v) is 4.78. The zero-order chi connectivity index (χ0) is 12.2. The molecule has 0 amide bonds. The summed E-state index contributed by atoms with van der Waals surface area (Å²) in [6.45, 7) is 4.80. The number of hydrogen-bond acceptors (Lipinski definition) is 1. The van der Waals surface area contributed by atoms with Gasteiger partial charge in [0.2, 0.25) is 0 Å². The van der Waals surface area contributed by atoms with Gasteiger partial charge >= 0.3 is 6.18 Å². The SMILES string of the molecule is CC(C)=CCNC1CCC(C(F)(F)F)CC1. The van der Waals surface area contributed by atoms with Crippen LogP contribution in [0.1, 0.15) is 39.5 Å². The lowest BCUT2D eigenvalue weighted by atomic mass is 9.85. The molecule has 0 radical (unpaired) electrons. The van der Waals surface area contributed by atoms with E-state index in [4.69, 9.17) is 0 Å². The summed E-state index contributed by atoms with van der Waals surface area (Å²) in [7, 11) is 0. The van der Waals surface area contributed by atoms with Crippen molar-refractivity contribution in [3.8, 4) is 0 Å². The third kappa shape index (κ3) is 4.56. The van der Waals surface area contributed by atoms with Crippen molar-refractivity contribution in [2.45, 2.75) is 51.7 Å². The molecule has 1 aliphatic rings. The topological polar surface area (TPSA) is 12.0 Å². The Balaban J connectivity index is 2.25. The average Bonchev–Trinajstić information content (AvgIpc) is 2.16. The van der Waals surface area contributed by atoms with Crippen molar-refractivity contribution < 1.29 is 13.2 Å². The lowest BCUT2D eigenvalue weighted by Crippen LogP contribution is -2.37. The fourth-order valence-corrected chi connectivity index (χ4v) is 2.05. The maximum Gasteiger partial charge on any atom is 0.391 e. The van der Waals surface area contributed by atoms with E-state index in [2.05, 4.69) is 11.4 Å². The molecular formula is C12H20F3N. The van der Waals surface area contributed by atoms with Gasteiger partial charge in [0, 0.05) is 12.6 Å². The van der Waals surface area contributed by atoms with E-state index in [1.807, 2.05) is 13.8 Å². The fourth-order valence-electron chi connectivity index (χ4n) is 2.05. The summed E-state index contributed by atoms with van der Waals surface area (Å²) in [6.07, 6.45) is -0.103. The number of hydrogen-bond donors (Lipinski definition) is 1. The van der Waals surface area contributed by atoms with E-state index in [1.54, 1.807) is 0 Å². The van der Waals surface area contributed by atoms with Gasteiger partial charge < -0.3 is 5.32 Å². The molecule has 0 atom stereocenters. The smallest absolute Gasteiger partial charge is 0.311 e. The van der Waals surface area contributed by atoms with Crippen molar-refractivity contribution in [2.75, 3.05) is 6.54 Å². The van der Waals surface area contributed by atoms with Crippen LogP contribution >= 0.6 is 0 Å². The molecule has 0 heterocycles. The minimum absolute atomic E-state index is 0.259. The monoisotopic (exact) mass is 235 g/mol. The highest BCUT2D eigenvalue weighted by molar-refractivity contribution is 4.95. The summed E-state index contributed by atoms with van der Waals surface area (Å²) in [5.74, 6) is -1.07. The zero-order valence-electron chi connectivity index (χ0n) is 9.90. The highest BCUT2D eigenvalue weighted by atomic mass is 19.4. The average molecular weight is 235 g/mol. The standard InChI is InChI=1S/C12H20F3N/c1-9(2)7-8-16-11-5-3-10(4-6-11)12(13,14)15/h7,10-11,16H,3-6,8H2,1-2H3. The summed E-state index contributed by atoms with van der Waals surface area (Å²) in [4.78, 5) is 0. The molecule has 1 N–H and O–H groups in total. The van der Waals surface area contributed by atoms with Crippen LogP contribution in [0.5, 0.6) is 0 Å². The third-order valence-corrected chi connectivity index (χ3v) is 3.11. The molecule has 0 aromatic heterocycles. The lowest BCUT2D eigenvalue weighted by Gasteiger charge is -2.30. The van der Waals surface area contributed by atoms with Crippen LogP contribution in [0.4, 0.5) is 13.2 Å². The van der Waals surface area contributed by atoms with Gasteiger partial charge in [0.1, 0.15) is 0 Å². The first kappa shape index (κ1) is 13.6. The summed E-state index contributed by atoms with van der Waals surface area (Å²) < 4.78 is 37.2. The van der Waals surface area contributed by atoms with E-state index in [0.29, 0.717) is 12.8 Å². The largest absolute Gasteiger partial charge is 0.391 e. The van der Waals surface area contributed by atoms with Crippen LogP contribution < -0.4 is 5.32 Å². The zero-order valence-corrected chi connectivity index (χ0v) is 9.90. The third-order valence-electron chi connectivity index (χ3n) is 3.11. The van der Waals surface area contributed by atoms with E-state index < -0.39 is 12.1 Å². The van der Waals surface area contributed by atoms with Crippen LogP contribution in [0.15, 0.2) is 11.6 Å². The van der Waals surface area contributed by atoms with Crippen molar-refractivity contribution in [2.24, 2.45) is 5.92 Å². The lowest BCUT2D eigenvalue weighted by molar-refractivity contribution is -0.182. The molecule has 0 unspecified atom stereocenters. The van der Waals surface area contributed by atoms with E-state index in [1.165, 1.54) is 5.57 Å². The molecule has 1 nitrogen and oxygen atoms in total. The molecule has 0 aliphatic heterocycles. The number of halogens is 3. The van der Waals surface area contributed by atoms with Crippen LogP contribution in [-0.4, -0.2) is 18.8 Å². The predicted molar refractivity (Wildman–Crippen MR) is 59.2 cm³/mol. The first-order chi connectivity index (χ1) is 7.39. The molecule has 0 aromatic carbocycles. The Bertz CT molecular complexity index is 233. The van der Waals surface area contributed by atoms with Gasteiger partial charge in [-0.25, -0.2) is 0 Å². The summed E-state index contributed by atoms with van der Waals surface area (Å²) >= 11 is 0. The first-order valence-electron chi connectivity index (χ1n) is 5.83. The van der Waals surface area contributed by atoms with Crippen LogP contribution in [0.2, 0.25) is 0 Å². The molecule has 0 aromatic rings. The van der Waals surface area contributed by atoms with Crippen molar-refractivity contribution in [3.05, 3.63) is 11.6 Å². The highest BCUT2D eigenvalue weighted by Crippen LogP contribution is 2.37. The van der Waals surface area contributed by atoms with Crippen LogP contribution in [0.25, 0.3) is 0 Å². The summed E-state index contributed by atoms with van der Waals surface area (Å²) in [5, 5.41) is 3.28. The minimum atomic E-state index is -4.00. The van der Waals surface area contributed by atoms with Gasteiger partial charge in [-0.15, -0.1) is 0 Å². The summed E-state index contributed by atoms with van der Waals surface area (Å²) in [6, 6.07) is 0.259. The molecule has 94 valence electrons. The maximum absolute atomic E-state index is 12.4. The normalized spacial score (nSPS) is 26.6. The number of allylic oxidation sites excluding steroid dienone is 1. The van der Waals surface area contributed by atoms with E-state index in [-0.39, 0.29) is 18.9 Å². The van der Waals surface area contributed by atoms with Crippen molar-refractivity contribution in [3.63, 3.8) is 0 Å². The van der Waals surface area contributed by atoms with Crippen LogP contribution in [0, 0.1) is 5.92 Å². The van der Waals surface area contributed by atoms with Gasteiger partial charge in [0.05, 0.1) is 5.92 Å². The molecule has 0 saturated heterocycles. The van der Waals surface area contributed by atoms with Crippen molar-refractivity contribution in [1.82, 2.24) is 5.32 Å². The van der Waals surface area contributed by atoms with Crippen LogP contribution in [0.3, 0.4) is 0 Å². The fraction of sp³-hybridized carbons (Fsp3) is 0.833. The van der Waals surface area contributed by atoms with Gasteiger partial charge in [-0.1, -0.05) is 11.6 Å². The predicted octanol–water partition coefficient (Wildman–Crippen LogP) is 3.66. The molecule has 16 heavy (non-hydrogen) atoms. The van der Waals surface area contributed by atoms with Crippen molar-refractivity contribution in [1.29, 1.82) is 0 Å². The van der Waals surface area contributed by atoms with E-state index >= 15 is 0 Å². The number of rotatable bonds is 3. The molecule has 1 saturated carbocycles. The molecule has 1 rings (SSSR count). The Labute approximate surface area is 95.1 Å². The Morgan fingerprint density at radius 3 is 2.19 bits per heavy atom. The molecule has 0 spiro atoms. The summed E-state index contributed by atoms with van der Waals surface area (Å²) in [5.41, 5.74) is 1.23. The molecule has 1 fully saturated rings. The molecule has 4 heteroatoms. The van der Waals surface area contributed by atoms with Gasteiger partial charge in [0.15, 0.2) is 0 Å². The second-order valence-electron chi connectivity index (χ2n) is 4.78. The first-order valence-corrected chi connectivity index (χ1v) is 5.83. The number of nitrogens with one attached hydrogen (secondary N) is 1. The van der Waals surface area contributed by atoms with Gasteiger partial charge in [-0.3, -0.25) is 0 Å². The minimum Gasteiger partial charge on any atom is -0.311 e. The molecule has 1 aliphatic carbocycles.